The number of hydrogen-bond acceptors (Lipinski definition) is 3. The first-order valence-electron chi connectivity index (χ1n) is 5.78. The average Bonchev–Trinajstić information content (AvgIpc) is 2.30. The smallest absolute Gasteiger partial charge is 0.414 e. The fourth-order valence-electron chi connectivity index (χ4n) is 2.19. The van der Waals surface area contributed by atoms with Crippen LogP contribution in [-0.2, 0) is 4.74 Å². The molecule has 92 valence electrons. The number of hydrogen-bond donors (Lipinski definition) is 1. The van der Waals surface area contributed by atoms with E-state index in [1.54, 1.807) is 4.90 Å². The largest absolute Gasteiger partial charge is 0.443 e. The van der Waals surface area contributed by atoms with Crippen molar-refractivity contribution in [3.05, 3.63) is 29.3 Å². The molecule has 1 N–H and O–H groups in total. The van der Waals surface area contributed by atoms with Gasteiger partial charge in [-0.15, -0.1) is 0 Å². The van der Waals surface area contributed by atoms with Crippen LogP contribution in [0.1, 0.15) is 17.5 Å². The van der Waals surface area contributed by atoms with Crippen LogP contribution >= 0.6 is 0 Å². The molecule has 0 bridgehead atoms. The number of anilines is 1. The summed E-state index contributed by atoms with van der Waals surface area (Å²) in [5, 5.41) is 8.98. The third kappa shape index (κ3) is 2.26. The maximum atomic E-state index is 11.9. The number of aliphatic hydroxyl groups is 1. The highest BCUT2D eigenvalue weighted by Crippen LogP contribution is 2.27. The van der Waals surface area contributed by atoms with Crippen LogP contribution in [0.2, 0.25) is 0 Å². The SMILES string of the molecule is Cc1cccc(C)c1N1CCC(CO)OC1=O. The minimum absolute atomic E-state index is 0.105. The molecule has 1 saturated heterocycles. The number of aryl methyl sites for hydroxylation is 2. The number of ether oxygens (including phenoxy) is 1. The van der Waals surface area contributed by atoms with Crippen LogP contribution in [0.15, 0.2) is 18.2 Å². The van der Waals surface area contributed by atoms with E-state index >= 15 is 0 Å². The standard InChI is InChI=1S/C13H17NO3/c1-9-4-3-5-10(2)12(9)14-7-6-11(8-15)17-13(14)16/h3-5,11,15H,6-8H2,1-2H3. The Morgan fingerprint density at radius 2 is 2.06 bits per heavy atom. The number of nitrogens with zero attached hydrogens (tertiary/aromatic N) is 1. The van der Waals surface area contributed by atoms with E-state index in [-0.39, 0.29) is 18.8 Å². The van der Waals surface area contributed by atoms with Gasteiger partial charge in [-0.05, 0) is 25.0 Å². The lowest BCUT2D eigenvalue weighted by Crippen LogP contribution is -2.43. The Balaban J connectivity index is 2.26. The number of para-hydroxylation sites is 1. The van der Waals surface area contributed by atoms with E-state index in [0.29, 0.717) is 13.0 Å². The van der Waals surface area contributed by atoms with Gasteiger partial charge in [0.15, 0.2) is 0 Å². The topological polar surface area (TPSA) is 49.8 Å². The maximum absolute atomic E-state index is 11.9. The van der Waals surface area contributed by atoms with Crippen molar-refractivity contribution in [3.63, 3.8) is 0 Å². The van der Waals surface area contributed by atoms with Gasteiger partial charge in [-0.2, -0.15) is 0 Å². The van der Waals surface area contributed by atoms with Crippen molar-refractivity contribution in [1.29, 1.82) is 0 Å². The first-order valence-corrected chi connectivity index (χ1v) is 5.78. The van der Waals surface area contributed by atoms with E-state index in [0.717, 1.165) is 16.8 Å². The van der Waals surface area contributed by atoms with Gasteiger partial charge in [-0.3, -0.25) is 4.90 Å². The Morgan fingerprint density at radius 3 is 2.59 bits per heavy atom. The molecule has 4 nitrogen and oxygen atoms in total. The molecular formula is C13H17NO3. The van der Waals surface area contributed by atoms with Crippen molar-refractivity contribution < 1.29 is 14.6 Å². The number of carbonyl (C=O) groups is 1. The Labute approximate surface area is 101 Å². The molecular weight excluding hydrogens is 218 g/mol. The zero-order valence-corrected chi connectivity index (χ0v) is 10.1. The van der Waals surface area contributed by atoms with Crippen molar-refractivity contribution in [2.75, 3.05) is 18.1 Å². The second-order valence-electron chi connectivity index (χ2n) is 4.37. The van der Waals surface area contributed by atoms with Crippen molar-refractivity contribution in [1.82, 2.24) is 0 Å². The molecule has 1 aromatic carbocycles. The lowest BCUT2D eigenvalue weighted by Gasteiger charge is -2.32. The Morgan fingerprint density at radius 1 is 1.41 bits per heavy atom. The number of carbonyl (C=O) groups excluding carboxylic acids is 1. The summed E-state index contributed by atoms with van der Waals surface area (Å²) in [6.45, 7) is 4.45. The van der Waals surface area contributed by atoms with Crippen LogP contribution in [0.25, 0.3) is 0 Å². The fraction of sp³-hybridized carbons (Fsp3) is 0.462. The fourth-order valence-corrected chi connectivity index (χ4v) is 2.19. The molecule has 1 heterocycles. The van der Waals surface area contributed by atoms with E-state index in [2.05, 4.69) is 0 Å². The predicted molar refractivity (Wildman–Crippen MR) is 65.2 cm³/mol. The van der Waals surface area contributed by atoms with Crippen LogP contribution in [0, 0.1) is 13.8 Å². The number of cyclic esters (lactones) is 1. The molecule has 1 aromatic rings. The quantitative estimate of drug-likeness (QED) is 0.853. The number of amides is 1. The number of aliphatic hydroxyl groups excluding tert-OH is 1. The van der Waals surface area contributed by atoms with Crippen LogP contribution in [-0.4, -0.2) is 30.5 Å². The van der Waals surface area contributed by atoms with Crippen LogP contribution < -0.4 is 4.90 Å². The van der Waals surface area contributed by atoms with Crippen molar-refractivity contribution in [3.8, 4) is 0 Å². The highest BCUT2D eigenvalue weighted by atomic mass is 16.6. The van der Waals surface area contributed by atoms with Gasteiger partial charge in [0.25, 0.3) is 0 Å². The molecule has 0 radical (unpaired) electrons. The van der Waals surface area contributed by atoms with Crippen LogP contribution in [0.5, 0.6) is 0 Å². The molecule has 1 fully saturated rings. The number of rotatable bonds is 2. The first-order chi connectivity index (χ1) is 8.13. The lowest BCUT2D eigenvalue weighted by atomic mass is 10.1. The summed E-state index contributed by atoms with van der Waals surface area (Å²) in [7, 11) is 0. The summed E-state index contributed by atoms with van der Waals surface area (Å²) in [6, 6.07) is 5.93. The molecule has 1 aliphatic heterocycles. The summed E-state index contributed by atoms with van der Waals surface area (Å²) in [4.78, 5) is 13.5. The van der Waals surface area contributed by atoms with E-state index < -0.39 is 0 Å². The van der Waals surface area contributed by atoms with E-state index in [1.165, 1.54) is 0 Å². The molecule has 1 atom stereocenters. The van der Waals surface area contributed by atoms with Gasteiger partial charge >= 0.3 is 6.09 Å². The molecule has 0 aromatic heterocycles. The predicted octanol–water partition coefficient (Wildman–Crippen LogP) is 2.01. The van der Waals surface area contributed by atoms with Gasteiger partial charge in [0, 0.05) is 13.0 Å². The minimum atomic E-state index is -0.368. The second kappa shape index (κ2) is 4.75. The molecule has 4 heteroatoms. The second-order valence-corrected chi connectivity index (χ2v) is 4.37. The van der Waals surface area contributed by atoms with Crippen molar-refractivity contribution in [2.24, 2.45) is 0 Å². The molecule has 0 aliphatic carbocycles. The van der Waals surface area contributed by atoms with E-state index in [1.807, 2.05) is 32.0 Å². The third-order valence-corrected chi connectivity index (χ3v) is 3.08. The van der Waals surface area contributed by atoms with Gasteiger partial charge in [-0.25, -0.2) is 4.79 Å². The average molecular weight is 235 g/mol. The Bertz CT molecular complexity index is 410. The molecule has 1 amide bonds. The number of benzene rings is 1. The highest BCUT2D eigenvalue weighted by Gasteiger charge is 2.29. The lowest BCUT2D eigenvalue weighted by molar-refractivity contribution is 0.0452. The first kappa shape index (κ1) is 11.9. The van der Waals surface area contributed by atoms with Crippen LogP contribution in [0.3, 0.4) is 0 Å². The normalized spacial score (nSPS) is 20.3. The molecule has 0 saturated carbocycles. The highest BCUT2D eigenvalue weighted by molar-refractivity contribution is 5.90. The monoisotopic (exact) mass is 235 g/mol. The Kier molecular flexibility index (Phi) is 3.33. The van der Waals surface area contributed by atoms with Gasteiger partial charge in [0.05, 0.1) is 12.3 Å². The van der Waals surface area contributed by atoms with Crippen LogP contribution in [0.4, 0.5) is 10.5 Å². The van der Waals surface area contributed by atoms with Gasteiger partial charge < -0.3 is 9.84 Å². The summed E-state index contributed by atoms with van der Waals surface area (Å²) in [5.74, 6) is 0. The van der Waals surface area contributed by atoms with E-state index in [9.17, 15) is 4.79 Å². The maximum Gasteiger partial charge on any atom is 0.414 e. The molecule has 17 heavy (non-hydrogen) atoms. The summed E-state index contributed by atoms with van der Waals surface area (Å²) in [5.41, 5.74) is 3.04. The van der Waals surface area contributed by atoms with Gasteiger partial charge in [0.1, 0.15) is 6.10 Å². The zero-order valence-electron chi connectivity index (χ0n) is 10.1. The third-order valence-electron chi connectivity index (χ3n) is 3.08. The summed E-state index contributed by atoms with van der Waals surface area (Å²) in [6.07, 6.45) is -0.0634. The minimum Gasteiger partial charge on any atom is -0.443 e. The van der Waals surface area contributed by atoms with Crippen molar-refractivity contribution >= 4 is 11.8 Å². The van der Waals surface area contributed by atoms with E-state index in [4.69, 9.17) is 9.84 Å². The van der Waals surface area contributed by atoms with Gasteiger partial charge in [0.2, 0.25) is 0 Å². The Hall–Kier alpha value is -1.55. The van der Waals surface area contributed by atoms with Crippen molar-refractivity contribution in [2.45, 2.75) is 26.4 Å². The molecule has 0 spiro atoms. The molecule has 1 aliphatic rings. The summed E-state index contributed by atoms with van der Waals surface area (Å²) < 4.78 is 5.15. The summed E-state index contributed by atoms with van der Waals surface area (Å²) >= 11 is 0. The molecule has 1 unspecified atom stereocenters. The van der Waals surface area contributed by atoms with Gasteiger partial charge in [-0.1, -0.05) is 18.2 Å². The zero-order chi connectivity index (χ0) is 12.4. The molecule has 2 rings (SSSR count).